The van der Waals surface area contributed by atoms with Crippen molar-refractivity contribution < 1.29 is 13.2 Å². The normalized spacial score (nSPS) is 12.3. The van der Waals surface area contributed by atoms with Gasteiger partial charge < -0.3 is 5.32 Å². The van der Waals surface area contributed by atoms with Crippen LogP contribution < -0.4 is 5.32 Å². The second-order valence-electron chi connectivity index (χ2n) is 4.80. The predicted octanol–water partition coefficient (Wildman–Crippen LogP) is 3.75. The van der Waals surface area contributed by atoms with Crippen molar-refractivity contribution in [2.75, 3.05) is 13.1 Å². The molecule has 0 heterocycles. The molecule has 0 saturated carbocycles. The van der Waals surface area contributed by atoms with Crippen LogP contribution in [-0.2, 0) is 0 Å². The monoisotopic (exact) mass is 257 g/mol. The number of rotatable bonds is 5. The van der Waals surface area contributed by atoms with Crippen molar-refractivity contribution in [3.8, 4) is 0 Å². The molecule has 1 nitrogen and oxygen atoms in total. The Morgan fingerprint density at radius 3 is 2.39 bits per heavy atom. The summed E-state index contributed by atoms with van der Waals surface area (Å²) in [5, 5.41) is 3.19. The maximum Gasteiger partial charge on any atom is 0.161 e. The van der Waals surface area contributed by atoms with Gasteiger partial charge in [0, 0.05) is 18.2 Å². The summed E-state index contributed by atoms with van der Waals surface area (Å²) in [6.45, 7) is 7.43. The van der Waals surface area contributed by atoms with E-state index in [4.69, 9.17) is 0 Å². The van der Waals surface area contributed by atoms with Gasteiger partial charge in [0.15, 0.2) is 11.6 Å². The van der Waals surface area contributed by atoms with E-state index in [0.717, 1.165) is 18.2 Å². The molecule has 0 aliphatic heterocycles. The summed E-state index contributed by atoms with van der Waals surface area (Å²) in [6.07, 6.45) is 1.52. The molecule has 0 radical (unpaired) electrons. The van der Waals surface area contributed by atoms with E-state index in [-0.39, 0.29) is 5.56 Å². The van der Waals surface area contributed by atoms with Crippen LogP contribution in [0, 0.1) is 23.4 Å². The van der Waals surface area contributed by atoms with Crippen molar-refractivity contribution >= 4 is 6.08 Å². The number of hydrogen-bond donors (Lipinski definition) is 1. The van der Waals surface area contributed by atoms with Crippen LogP contribution in [0.3, 0.4) is 0 Å². The molecule has 0 unspecified atom stereocenters. The molecule has 0 bridgehead atoms. The van der Waals surface area contributed by atoms with E-state index in [1.54, 1.807) is 0 Å². The Bertz CT molecular complexity index is 439. The number of benzene rings is 1. The summed E-state index contributed by atoms with van der Waals surface area (Å²) in [5.74, 6) is -2.43. The molecule has 0 fully saturated rings. The molecule has 0 saturated heterocycles. The van der Waals surface area contributed by atoms with E-state index >= 15 is 0 Å². The van der Waals surface area contributed by atoms with E-state index in [9.17, 15) is 13.2 Å². The molecule has 0 amide bonds. The Morgan fingerprint density at radius 2 is 1.78 bits per heavy atom. The second kappa shape index (κ2) is 6.59. The Kier molecular flexibility index (Phi) is 5.41. The molecule has 0 aromatic heterocycles. The van der Waals surface area contributed by atoms with Crippen LogP contribution in [0.4, 0.5) is 13.2 Å². The molecule has 18 heavy (non-hydrogen) atoms. The average Bonchev–Trinajstić information content (AvgIpc) is 2.25. The largest absolute Gasteiger partial charge is 0.313 e. The van der Waals surface area contributed by atoms with Gasteiger partial charge in [0.25, 0.3) is 0 Å². The summed E-state index contributed by atoms with van der Waals surface area (Å²) < 4.78 is 39.1. The number of halogens is 3. The molecule has 1 N–H and O–H groups in total. The average molecular weight is 257 g/mol. The molecular formula is C14H18F3N. The van der Waals surface area contributed by atoms with Crippen LogP contribution >= 0.6 is 0 Å². The van der Waals surface area contributed by atoms with Gasteiger partial charge in [-0.1, -0.05) is 25.5 Å². The van der Waals surface area contributed by atoms with Gasteiger partial charge in [-0.3, -0.25) is 0 Å². The van der Waals surface area contributed by atoms with E-state index in [1.165, 1.54) is 6.08 Å². The molecular weight excluding hydrogens is 239 g/mol. The Hall–Kier alpha value is -1.29. The molecule has 0 atom stereocenters. The number of hydrogen-bond acceptors (Lipinski definition) is 1. The maximum atomic E-state index is 13.4. The lowest BCUT2D eigenvalue weighted by Gasteiger charge is -2.08. The fourth-order valence-electron chi connectivity index (χ4n) is 1.52. The predicted molar refractivity (Wildman–Crippen MR) is 67.7 cm³/mol. The van der Waals surface area contributed by atoms with Gasteiger partial charge in [-0.2, -0.15) is 0 Å². The van der Waals surface area contributed by atoms with Crippen molar-refractivity contribution in [2.24, 2.45) is 5.92 Å². The third-order valence-electron chi connectivity index (χ3n) is 2.40. The van der Waals surface area contributed by atoms with Crippen LogP contribution in [0.5, 0.6) is 0 Å². The van der Waals surface area contributed by atoms with Crippen molar-refractivity contribution in [3.63, 3.8) is 0 Å². The van der Waals surface area contributed by atoms with Crippen LogP contribution in [0.15, 0.2) is 17.7 Å². The van der Waals surface area contributed by atoms with E-state index in [2.05, 4.69) is 19.2 Å². The first-order valence-electron chi connectivity index (χ1n) is 5.92. The van der Waals surface area contributed by atoms with Crippen LogP contribution in [0.1, 0.15) is 26.3 Å². The highest BCUT2D eigenvalue weighted by molar-refractivity contribution is 5.53. The molecule has 100 valence electrons. The minimum Gasteiger partial charge on any atom is -0.313 e. The van der Waals surface area contributed by atoms with Gasteiger partial charge in [-0.05, 0) is 25.5 Å². The second-order valence-corrected chi connectivity index (χ2v) is 4.80. The highest BCUT2D eigenvalue weighted by Crippen LogP contribution is 2.16. The smallest absolute Gasteiger partial charge is 0.161 e. The quantitative estimate of drug-likeness (QED) is 0.792. The summed E-state index contributed by atoms with van der Waals surface area (Å²) in [7, 11) is 0. The summed E-state index contributed by atoms with van der Waals surface area (Å²) in [4.78, 5) is 0. The van der Waals surface area contributed by atoms with Gasteiger partial charge in [0.2, 0.25) is 0 Å². The number of nitrogens with one attached hydrogen (secondary N) is 1. The minimum absolute atomic E-state index is 0.0674. The lowest BCUT2D eigenvalue weighted by Crippen LogP contribution is -2.21. The molecule has 0 spiro atoms. The first-order valence-corrected chi connectivity index (χ1v) is 5.92. The van der Waals surface area contributed by atoms with E-state index in [1.807, 2.05) is 6.92 Å². The molecule has 1 aromatic carbocycles. The molecule has 4 heteroatoms. The molecule has 0 aliphatic rings. The lowest BCUT2D eigenvalue weighted by atomic mass is 10.1. The van der Waals surface area contributed by atoms with Crippen molar-refractivity contribution in [1.82, 2.24) is 5.32 Å². The van der Waals surface area contributed by atoms with Gasteiger partial charge in [-0.15, -0.1) is 0 Å². The zero-order valence-electron chi connectivity index (χ0n) is 10.9. The third kappa shape index (κ3) is 4.53. The first kappa shape index (κ1) is 14.8. The van der Waals surface area contributed by atoms with Crippen molar-refractivity contribution in [1.29, 1.82) is 0 Å². The van der Waals surface area contributed by atoms with Crippen molar-refractivity contribution in [3.05, 3.63) is 40.7 Å². The highest BCUT2D eigenvalue weighted by atomic mass is 19.2. The Labute approximate surface area is 106 Å². The summed E-state index contributed by atoms with van der Waals surface area (Å²) in [5.41, 5.74) is 0.929. The third-order valence-corrected chi connectivity index (χ3v) is 2.40. The fraction of sp³-hybridized carbons (Fsp3) is 0.429. The zero-order valence-corrected chi connectivity index (χ0v) is 10.9. The maximum absolute atomic E-state index is 13.4. The molecule has 1 aromatic rings. The van der Waals surface area contributed by atoms with Gasteiger partial charge >= 0.3 is 0 Å². The Balaban J connectivity index is 2.73. The van der Waals surface area contributed by atoms with E-state index in [0.29, 0.717) is 18.5 Å². The van der Waals surface area contributed by atoms with Gasteiger partial charge in [-0.25, -0.2) is 13.2 Å². The van der Waals surface area contributed by atoms with Crippen LogP contribution in [-0.4, -0.2) is 13.1 Å². The lowest BCUT2D eigenvalue weighted by molar-refractivity contribution is 0.494. The van der Waals surface area contributed by atoms with Crippen LogP contribution in [0.2, 0.25) is 0 Å². The van der Waals surface area contributed by atoms with E-state index < -0.39 is 17.5 Å². The van der Waals surface area contributed by atoms with Gasteiger partial charge in [0.05, 0.1) is 0 Å². The molecule has 1 rings (SSSR count). The summed E-state index contributed by atoms with van der Waals surface area (Å²) in [6, 6.07) is 1.44. The summed E-state index contributed by atoms with van der Waals surface area (Å²) >= 11 is 0. The Morgan fingerprint density at radius 1 is 1.17 bits per heavy atom. The fourth-order valence-corrected chi connectivity index (χ4v) is 1.52. The highest BCUT2D eigenvalue weighted by Gasteiger charge is 2.08. The van der Waals surface area contributed by atoms with Gasteiger partial charge in [0.1, 0.15) is 5.82 Å². The van der Waals surface area contributed by atoms with Crippen molar-refractivity contribution in [2.45, 2.75) is 20.8 Å². The topological polar surface area (TPSA) is 12.0 Å². The SMILES string of the molecule is C/C(=C\c1cc(F)c(F)cc1F)CNCC(C)C. The molecule has 0 aliphatic carbocycles. The zero-order chi connectivity index (χ0) is 13.7. The first-order chi connectivity index (χ1) is 8.40. The minimum atomic E-state index is -1.17. The standard InChI is InChI=1S/C14H18F3N/c1-9(2)7-18-8-10(3)4-11-5-13(16)14(17)6-12(11)15/h4-6,9,18H,7-8H2,1-3H3/b10-4+. The van der Waals surface area contributed by atoms with Crippen LogP contribution in [0.25, 0.3) is 6.08 Å².